The molecule has 0 amide bonds. The molecule has 15 heteroatoms. The van der Waals surface area contributed by atoms with Gasteiger partial charge in [0.25, 0.3) is 20.0 Å². The minimum Gasteiger partial charge on any atom is -0.497 e. The number of carbonyl (C=O) groups is 1. The molecule has 38 heavy (non-hydrogen) atoms. The first-order valence-corrected chi connectivity index (χ1v) is 15.4. The fourth-order valence-electron chi connectivity index (χ4n) is 3.38. The molecule has 0 N–H and O–H groups in total. The molecule has 0 saturated heterocycles. The highest BCUT2D eigenvalue weighted by Crippen LogP contribution is 2.42. The highest BCUT2D eigenvalue weighted by molar-refractivity contribution is 8.17. The van der Waals surface area contributed by atoms with Crippen LogP contribution in [-0.2, 0) is 24.8 Å². The second-order valence-corrected chi connectivity index (χ2v) is 13.1. The molecule has 0 saturated carbocycles. The van der Waals surface area contributed by atoms with Crippen molar-refractivity contribution in [1.82, 2.24) is 0 Å². The number of benzene rings is 3. The summed E-state index contributed by atoms with van der Waals surface area (Å²) in [5, 5.41) is -0.472. The van der Waals surface area contributed by atoms with Crippen molar-refractivity contribution in [2.24, 2.45) is 4.40 Å². The van der Waals surface area contributed by atoms with Crippen molar-refractivity contribution in [2.75, 3.05) is 18.0 Å². The number of sulfonamides is 2. The van der Waals surface area contributed by atoms with E-state index < -0.39 is 31.2 Å². The van der Waals surface area contributed by atoms with E-state index in [9.17, 15) is 21.6 Å². The van der Waals surface area contributed by atoms with Crippen LogP contribution in [0.25, 0.3) is 0 Å². The molecule has 3 aromatic carbocycles. The first kappa shape index (κ1) is 28.5. The molecule has 0 atom stereocenters. The van der Waals surface area contributed by atoms with Crippen LogP contribution in [0.2, 0.25) is 15.1 Å². The zero-order valence-corrected chi connectivity index (χ0v) is 24.2. The number of rotatable bonds is 6. The van der Waals surface area contributed by atoms with Gasteiger partial charge < -0.3 is 9.47 Å². The SMILES string of the molecule is CCOC(=O)c1cc2c(cc1Cl)SC(N(c1ccc(OC)cc1)S(=O)(=O)c1ccc(Cl)cc1Cl)=NS2(=O)=O. The lowest BCUT2D eigenvalue weighted by Gasteiger charge is -2.28. The van der Waals surface area contributed by atoms with Crippen LogP contribution in [0, 0.1) is 0 Å². The molecule has 200 valence electrons. The van der Waals surface area contributed by atoms with Crippen LogP contribution in [0.5, 0.6) is 5.75 Å². The van der Waals surface area contributed by atoms with Crippen molar-refractivity contribution in [3.05, 3.63) is 75.2 Å². The van der Waals surface area contributed by atoms with Crippen molar-refractivity contribution in [1.29, 1.82) is 0 Å². The Morgan fingerprint density at radius 2 is 1.71 bits per heavy atom. The molecule has 1 aliphatic heterocycles. The first-order valence-electron chi connectivity index (χ1n) is 10.6. The van der Waals surface area contributed by atoms with Gasteiger partial charge in [-0.3, -0.25) is 0 Å². The van der Waals surface area contributed by atoms with Crippen LogP contribution in [0.4, 0.5) is 5.69 Å². The first-order chi connectivity index (χ1) is 17.9. The smallest absolute Gasteiger partial charge is 0.339 e. The maximum Gasteiger partial charge on any atom is 0.339 e. The highest BCUT2D eigenvalue weighted by Gasteiger charge is 2.38. The number of anilines is 1. The summed E-state index contributed by atoms with van der Waals surface area (Å²) in [4.78, 5) is 11.7. The lowest BCUT2D eigenvalue weighted by molar-refractivity contribution is 0.0526. The molecule has 9 nitrogen and oxygen atoms in total. The van der Waals surface area contributed by atoms with Crippen LogP contribution in [-0.4, -0.2) is 41.7 Å². The van der Waals surface area contributed by atoms with Crippen molar-refractivity contribution >= 4 is 83.4 Å². The fourth-order valence-corrected chi connectivity index (χ4v) is 8.81. The summed E-state index contributed by atoms with van der Waals surface area (Å²) in [7, 11) is -7.58. The number of hydrogen-bond acceptors (Lipinski definition) is 8. The molecule has 0 fully saturated rings. The third-order valence-corrected chi connectivity index (χ3v) is 10.5. The van der Waals surface area contributed by atoms with Crippen molar-refractivity contribution in [2.45, 2.75) is 21.6 Å². The normalized spacial score (nSPS) is 14.3. The van der Waals surface area contributed by atoms with Crippen molar-refractivity contribution in [3.63, 3.8) is 0 Å². The van der Waals surface area contributed by atoms with Crippen molar-refractivity contribution < 1.29 is 31.1 Å². The zero-order chi connectivity index (χ0) is 27.8. The molecule has 0 aliphatic carbocycles. The number of amidine groups is 1. The molecule has 0 spiro atoms. The Kier molecular flexibility index (Phi) is 8.22. The van der Waals surface area contributed by atoms with E-state index in [0.717, 1.165) is 22.1 Å². The third kappa shape index (κ3) is 5.47. The van der Waals surface area contributed by atoms with Gasteiger partial charge in [0.1, 0.15) is 15.5 Å². The van der Waals surface area contributed by atoms with Crippen LogP contribution in [0.3, 0.4) is 0 Å². The van der Waals surface area contributed by atoms with E-state index in [4.69, 9.17) is 44.3 Å². The predicted octanol–water partition coefficient (Wildman–Crippen LogP) is 5.88. The van der Waals surface area contributed by atoms with E-state index in [2.05, 4.69) is 4.40 Å². The lowest BCUT2D eigenvalue weighted by Crippen LogP contribution is -2.37. The Balaban J connectivity index is 1.91. The van der Waals surface area contributed by atoms with Gasteiger partial charge in [0.15, 0.2) is 5.17 Å². The van der Waals surface area contributed by atoms with E-state index in [-0.39, 0.29) is 47.6 Å². The van der Waals surface area contributed by atoms with Crippen LogP contribution in [0.1, 0.15) is 17.3 Å². The van der Waals surface area contributed by atoms with Gasteiger partial charge in [-0.2, -0.15) is 8.42 Å². The number of carbonyl (C=O) groups excluding carboxylic acids is 1. The molecule has 0 radical (unpaired) electrons. The van der Waals surface area contributed by atoms with E-state index in [1.165, 1.54) is 55.6 Å². The van der Waals surface area contributed by atoms with E-state index >= 15 is 0 Å². The monoisotopic (exact) mass is 634 g/mol. The second kappa shape index (κ2) is 10.9. The van der Waals surface area contributed by atoms with Gasteiger partial charge in [0.2, 0.25) is 0 Å². The summed E-state index contributed by atoms with van der Waals surface area (Å²) in [5.74, 6) is -0.375. The Bertz CT molecular complexity index is 1680. The molecule has 4 rings (SSSR count). The molecule has 3 aromatic rings. The molecular weight excluding hydrogens is 619 g/mol. The summed E-state index contributed by atoms with van der Waals surface area (Å²) >= 11 is 19.2. The quantitative estimate of drug-likeness (QED) is 0.308. The largest absolute Gasteiger partial charge is 0.497 e. The summed E-state index contributed by atoms with van der Waals surface area (Å²) in [5.41, 5.74) is -0.112. The minimum atomic E-state index is -4.53. The molecule has 0 unspecified atom stereocenters. The topological polar surface area (TPSA) is 119 Å². The Labute approximate surface area is 238 Å². The van der Waals surface area contributed by atoms with Crippen LogP contribution < -0.4 is 9.04 Å². The minimum absolute atomic E-state index is 0.0518. The number of fused-ring (bicyclic) bond motifs is 1. The number of nitrogens with zero attached hydrogens (tertiary/aromatic N) is 2. The molecule has 0 bridgehead atoms. The van der Waals surface area contributed by atoms with Gasteiger partial charge in [-0.1, -0.05) is 34.8 Å². The second-order valence-electron chi connectivity index (χ2n) is 7.49. The maximum atomic E-state index is 13.9. The van der Waals surface area contributed by atoms with E-state index in [0.29, 0.717) is 5.75 Å². The fraction of sp³-hybridized carbons (Fsp3) is 0.130. The average molecular weight is 636 g/mol. The van der Waals surface area contributed by atoms with Gasteiger partial charge >= 0.3 is 5.97 Å². The number of halogens is 3. The van der Waals surface area contributed by atoms with Gasteiger partial charge in [-0.05, 0) is 73.3 Å². The summed E-state index contributed by atoms with van der Waals surface area (Å²) in [6.07, 6.45) is 0. The van der Waals surface area contributed by atoms with E-state index in [1.807, 2.05) is 0 Å². The van der Waals surface area contributed by atoms with Crippen LogP contribution in [0.15, 0.2) is 73.7 Å². The Morgan fingerprint density at radius 1 is 1.03 bits per heavy atom. The predicted molar refractivity (Wildman–Crippen MR) is 147 cm³/mol. The van der Waals surface area contributed by atoms with Gasteiger partial charge in [0.05, 0.1) is 35.0 Å². The summed E-state index contributed by atoms with van der Waals surface area (Å²) in [6, 6.07) is 11.9. The standard InChI is InChI=1S/C23H17Cl3N2O7S3/c1-3-35-22(29)16-11-21-19(12-17(16)25)36-23(27-37(21,30)31)28(14-5-7-15(34-2)8-6-14)38(32,33)20-9-4-13(24)10-18(20)26/h4-12H,3H2,1-2H3. The van der Waals surface area contributed by atoms with Gasteiger partial charge in [-0.25, -0.2) is 17.5 Å². The average Bonchev–Trinajstić information content (AvgIpc) is 2.83. The number of ether oxygens (including phenoxy) is 2. The highest BCUT2D eigenvalue weighted by atomic mass is 35.5. The molecule has 1 aliphatic rings. The number of esters is 1. The summed E-state index contributed by atoms with van der Waals surface area (Å²) < 4.78 is 69.0. The van der Waals surface area contributed by atoms with Crippen LogP contribution >= 0.6 is 46.6 Å². The number of thioether (sulfide) groups is 1. The Morgan fingerprint density at radius 3 is 2.32 bits per heavy atom. The van der Waals surface area contributed by atoms with E-state index in [1.54, 1.807) is 6.92 Å². The van der Waals surface area contributed by atoms with Gasteiger partial charge in [0, 0.05) is 9.92 Å². The number of hydrogen-bond donors (Lipinski definition) is 0. The zero-order valence-electron chi connectivity index (χ0n) is 19.5. The maximum absolute atomic E-state index is 13.9. The Hall–Kier alpha value is -2.48. The third-order valence-electron chi connectivity index (χ3n) is 5.10. The lowest BCUT2D eigenvalue weighted by atomic mass is 10.2. The molecule has 1 heterocycles. The molecular formula is C23H17Cl3N2O7S3. The molecule has 0 aromatic heterocycles. The summed E-state index contributed by atoms with van der Waals surface area (Å²) in [6.45, 7) is 1.65. The van der Waals surface area contributed by atoms with Gasteiger partial charge in [-0.15, -0.1) is 4.40 Å². The number of methoxy groups -OCH3 is 1. The van der Waals surface area contributed by atoms with Crippen molar-refractivity contribution in [3.8, 4) is 5.75 Å².